The molecule has 0 aliphatic carbocycles. The van der Waals surface area contributed by atoms with Crippen LogP contribution in [-0.4, -0.2) is 58.6 Å². The van der Waals surface area contributed by atoms with E-state index in [2.05, 4.69) is 10.2 Å². The molecule has 7 heteroatoms. The molecule has 2 heterocycles. The molecule has 7 nitrogen and oxygen atoms in total. The van der Waals surface area contributed by atoms with Gasteiger partial charge in [0.1, 0.15) is 6.61 Å². The maximum absolute atomic E-state index is 13.1. The number of nitrogens with one attached hydrogen (secondary N) is 1. The quantitative estimate of drug-likeness (QED) is 0.902. The third kappa shape index (κ3) is 3.35. The minimum atomic E-state index is -0.740. The predicted molar refractivity (Wildman–Crippen MR) is 96.2 cm³/mol. The highest BCUT2D eigenvalue weighted by Gasteiger charge is 2.41. The van der Waals surface area contributed by atoms with Crippen molar-refractivity contribution in [1.29, 1.82) is 0 Å². The van der Waals surface area contributed by atoms with Gasteiger partial charge in [0.25, 0.3) is 5.91 Å². The van der Waals surface area contributed by atoms with Gasteiger partial charge in [0.15, 0.2) is 6.10 Å². The molecule has 1 aliphatic rings. The van der Waals surface area contributed by atoms with Crippen LogP contribution in [0.15, 0.2) is 30.5 Å². The number of likely N-dealkylation sites (N-methyl/N-ethyl adjacent to an activating group) is 2. The van der Waals surface area contributed by atoms with E-state index in [4.69, 9.17) is 4.74 Å². The first-order valence-corrected chi connectivity index (χ1v) is 8.56. The molecule has 0 radical (unpaired) electrons. The van der Waals surface area contributed by atoms with Crippen LogP contribution in [0.4, 0.5) is 0 Å². The van der Waals surface area contributed by atoms with Crippen LogP contribution in [0.2, 0.25) is 0 Å². The van der Waals surface area contributed by atoms with Crippen LogP contribution >= 0.6 is 0 Å². The Kier molecular flexibility index (Phi) is 5.08. The average Bonchev–Trinajstić information content (AvgIpc) is 3.02. The lowest BCUT2D eigenvalue weighted by atomic mass is 9.93. The number of carbonyl (C=O) groups excluding carboxylic acids is 2. The molecule has 1 N–H and O–H groups in total. The third-order valence-electron chi connectivity index (χ3n) is 4.95. The molecule has 0 bridgehead atoms. The van der Waals surface area contributed by atoms with Gasteiger partial charge in [-0.05, 0) is 25.0 Å². The molecule has 1 saturated heterocycles. The standard InChI is InChI=1S/C19H24N4O3/c1-12-7-5-6-8-15(12)17-18(26-11-16(24)23(17)4)19(25)22(3)10-14-9-20-21-13(14)2/h5-9,17-18H,10-11H2,1-4H3,(H,20,21)/t17-,18+/m1/s1. The Morgan fingerprint density at radius 3 is 2.77 bits per heavy atom. The summed E-state index contributed by atoms with van der Waals surface area (Å²) in [7, 11) is 3.46. The maximum atomic E-state index is 13.1. The van der Waals surface area contributed by atoms with E-state index >= 15 is 0 Å². The Bertz CT molecular complexity index is 817. The number of aromatic amines is 1. The number of aromatic nitrogens is 2. The number of rotatable bonds is 4. The highest BCUT2D eigenvalue weighted by molar-refractivity contribution is 5.86. The molecule has 3 rings (SSSR count). The van der Waals surface area contributed by atoms with Crippen LogP contribution < -0.4 is 0 Å². The second-order valence-electron chi connectivity index (χ2n) is 6.75. The fourth-order valence-electron chi connectivity index (χ4n) is 3.29. The predicted octanol–water partition coefficient (Wildman–Crippen LogP) is 1.58. The molecule has 0 spiro atoms. The van der Waals surface area contributed by atoms with E-state index in [-0.39, 0.29) is 18.4 Å². The topological polar surface area (TPSA) is 78.5 Å². The van der Waals surface area contributed by atoms with Gasteiger partial charge in [-0.15, -0.1) is 0 Å². The van der Waals surface area contributed by atoms with Crippen LogP contribution in [0.3, 0.4) is 0 Å². The van der Waals surface area contributed by atoms with Crippen molar-refractivity contribution in [2.75, 3.05) is 20.7 Å². The summed E-state index contributed by atoms with van der Waals surface area (Å²) >= 11 is 0. The Balaban J connectivity index is 1.88. The summed E-state index contributed by atoms with van der Waals surface area (Å²) in [5.74, 6) is -0.283. The summed E-state index contributed by atoms with van der Waals surface area (Å²) in [5, 5.41) is 6.87. The second kappa shape index (κ2) is 7.29. The summed E-state index contributed by atoms with van der Waals surface area (Å²) in [6, 6.07) is 7.32. The lowest BCUT2D eigenvalue weighted by Crippen LogP contribution is -2.53. The van der Waals surface area contributed by atoms with Crippen molar-refractivity contribution in [3.05, 3.63) is 52.8 Å². The SMILES string of the molecule is Cc1ccccc1[C@@H]1[C@@H](C(=O)N(C)Cc2cn[nH]c2C)OCC(=O)N1C. The number of nitrogens with zero attached hydrogens (tertiary/aromatic N) is 3. The fraction of sp³-hybridized carbons (Fsp3) is 0.421. The van der Waals surface area contributed by atoms with E-state index in [1.165, 1.54) is 0 Å². The molecule has 1 aromatic carbocycles. The second-order valence-corrected chi connectivity index (χ2v) is 6.75. The van der Waals surface area contributed by atoms with Crippen LogP contribution in [0.5, 0.6) is 0 Å². The smallest absolute Gasteiger partial charge is 0.254 e. The molecule has 2 amide bonds. The lowest BCUT2D eigenvalue weighted by Gasteiger charge is -2.40. The zero-order valence-electron chi connectivity index (χ0n) is 15.5. The first-order chi connectivity index (χ1) is 12.4. The summed E-state index contributed by atoms with van der Waals surface area (Å²) < 4.78 is 5.71. The van der Waals surface area contributed by atoms with Gasteiger partial charge in [0.05, 0.1) is 12.2 Å². The molecule has 138 valence electrons. The number of ether oxygens (including phenoxy) is 1. The van der Waals surface area contributed by atoms with Crippen molar-refractivity contribution in [2.24, 2.45) is 0 Å². The Labute approximate surface area is 152 Å². The number of H-pyrrole nitrogens is 1. The van der Waals surface area contributed by atoms with Crippen molar-refractivity contribution in [2.45, 2.75) is 32.5 Å². The third-order valence-corrected chi connectivity index (χ3v) is 4.95. The monoisotopic (exact) mass is 356 g/mol. The van der Waals surface area contributed by atoms with Crippen molar-refractivity contribution in [1.82, 2.24) is 20.0 Å². The van der Waals surface area contributed by atoms with Gasteiger partial charge in [0.2, 0.25) is 5.91 Å². The zero-order chi connectivity index (χ0) is 18.8. The minimum absolute atomic E-state index is 0.0894. The van der Waals surface area contributed by atoms with Gasteiger partial charge < -0.3 is 14.5 Å². The van der Waals surface area contributed by atoms with Gasteiger partial charge in [-0.2, -0.15) is 5.10 Å². The van der Waals surface area contributed by atoms with Crippen LogP contribution in [0.25, 0.3) is 0 Å². The van der Waals surface area contributed by atoms with Crippen molar-refractivity contribution in [3.8, 4) is 0 Å². The van der Waals surface area contributed by atoms with Gasteiger partial charge in [-0.25, -0.2) is 0 Å². The molecule has 26 heavy (non-hydrogen) atoms. The van der Waals surface area contributed by atoms with Crippen molar-refractivity contribution >= 4 is 11.8 Å². The molecule has 0 unspecified atom stereocenters. The Morgan fingerprint density at radius 1 is 1.38 bits per heavy atom. The molecule has 0 saturated carbocycles. The van der Waals surface area contributed by atoms with E-state index in [1.807, 2.05) is 38.1 Å². The Hall–Kier alpha value is -2.67. The van der Waals surface area contributed by atoms with Crippen LogP contribution in [-0.2, 0) is 20.9 Å². The fourth-order valence-corrected chi connectivity index (χ4v) is 3.29. The van der Waals surface area contributed by atoms with Crippen molar-refractivity contribution < 1.29 is 14.3 Å². The highest BCUT2D eigenvalue weighted by atomic mass is 16.5. The van der Waals surface area contributed by atoms with Gasteiger partial charge >= 0.3 is 0 Å². The summed E-state index contributed by atoms with van der Waals surface area (Å²) in [6.45, 7) is 4.23. The van der Waals surface area contributed by atoms with E-state index < -0.39 is 12.1 Å². The van der Waals surface area contributed by atoms with E-state index in [0.29, 0.717) is 6.54 Å². The lowest BCUT2D eigenvalue weighted by molar-refractivity contribution is -0.167. The molecular formula is C19H24N4O3. The van der Waals surface area contributed by atoms with E-state index in [9.17, 15) is 9.59 Å². The summed E-state index contributed by atoms with van der Waals surface area (Å²) in [6.07, 6.45) is 0.978. The molecule has 2 atom stereocenters. The number of amides is 2. The summed E-state index contributed by atoms with van der Waals surface area (Å²) in [4.78, 5) is 28.5. The molecule has 1 aromatic heterocycles. The first-order valence-electron chi connectivity index (χ1n) is 8.56. The number of morpholine rings is 1. The largest absolute Gasteiger partial charge is 0.356 e. The van der Waals surface area contributed by atoms with E-state index in [1.54, 1.807) is 30.1 Å². The molecular weight excluding hydrogens is 332 g/mol. The van der Waals surface area contributed by atoms with Gasteiger partial charge in [-0.3, -0.25) is 14.7 Å². The number of benzene rings is 1. The Morgan fingerprint density at radius 2 is 2.12 bits per heavy atom. The normalized spacial score (nSPS) is 20.3. The number of carbonyl (C=O) groups is 2. The molecule has 1 fully saturated rings. The number of aryl methyl sites for hydroxylation is 2. The maximum Gasteiger partial charge on any atom is 0.254 e. The van der Waals surface area contributed by atoms with Gasteiger partial charge in [0, 0.05) is 31.9 Å². The van der Waals surface area contributed by atoms with E-state index in [0.717, 1.165) is 22.4 Å². The average molecular weight is 356 g/mol. The van der Waals surface area contributed by atoms with Crippen LogP contribution in [0.1, 0.15) is 28.4 Å². The zero-order valence-corrected chi connectivity index (χ0v) is 15.5. The van der Waals surface area contributed by atoms with Gasteiger partial charge in [-0.1, -0.05) is 24.3 Å². The van der Waals surface area contributed by atoms with Crippen LogP contribution in [0, 0.1) is 13.8 Å². The molecule has 2 aromatic rings. The molecule has 1 aliphatic heterocycles. The number of hydrogen-bond acceptors (Lipinski definition) is 4. The minimum Gasteiger partial charge on any atom is -0.356 e. The number of hydrogen-bond donors (Lipinski definition) is 1. The highest BCUT2D eigenvalue weighted by Crippen LogP contribution is 2.32. The first kappa shape index (κ1) is 18.1. The summed E-state index contributed by atoms with van der Waals surface area (Å²) in [5.41, 5.74) is 3.83. The van der Waals surface area contributed by atoms with Crippen molar-refractivity contribution in [3.63, 3.8) is 0 Å².